The molecule has 2 aliphatic heterocycles. The number of hydrogen-bond acceptors (Lipinski definition) is 4. The van der Waals surface area contributed by atoms with Gasteiger partial charge in [0.15, 0.2) is 0 Å². The maximum atomic E-state index is 13.7. The van der Waals surface area contributed by atoms with Crippen molar-refractivity contribution >= 4 is 17.9 Å². The molecule has 240 valence electrons. The Hall–Kier alpha value is -3.77. The van der Waals surface area contributed by atoms with E-state index in [0.29, 0.717) is 12.1 Å². The number of likely N-dealkylation sites (tertiary alicyclic amines) is 2. The maximum Gasteiger partial charge on any atom is 0.416 e. The van der Waals surface area contributed by atoms with Gasteiger partial charge in [-0.15, -0.1) is 0 Å². The number of rotatable bonds is 5. The molecule has 0 bridgehead atoms. The summed E-state index contributed by atoms with van der Waals surface area (Å²) < 4.78 is 85.6. The molecular formula is C31H35F6N3O4. The fraction of sp³-hybridized carbons (Fsp3) is 0.516. The fourth-order valence-electron chi connectivity index (χ4n) is 5.60. The van der Waals surface area contributed by atoms with Gasteiger partial charge in [0.25, 0.3) is 0 Å². The highest BCUT2D eigenvalue weighted by atomic mass is 19.4. The Balaban J connectivity index is 1.48. The second kappa shape index (κ2) is 12.3. The van der Waals surface area contributed by atoms with Crippen LogP contribution in [0.1, 0.15) is 55.4 Å². The first-order chi connectivity index (χ1) is 20.3. The van der Waals surface area contributed by atoms with Crippen LogP contribution in [0.15, 0.2) is 48.5 Å². The lowest BCUT2D eigenvalue weighted by Gasteiger charge is -2.44. The molecular weight excluding hydrogens is 592 g/mol. The number of carbonyl (C=O) groups is 3. The van der Waals surface area contributed by atoms with Gasteiger partial charge in [0.1, 0.15) is 5.60 Å². The van der Waals surface area contributed by atoms with Crippen LogP contribution in [0.25, 0.3) is 0 Å². The van der Waals surface area contributed by atoms with Gasteiger partial charge in [-0.25, -0.2) is 4.79 Å². The number of ether oxygens (including phenoxy) is 1. The third-order valence-electron chi connectivity index (χ3n) is 7.80. The molecule has 2 heterocycles. The fourth-order valence-corrected chi connectivity index (χ4v) is 5.60. The van der Waals surface area contributed by atoms with Gasteiger partial charge in [-0.3, -0.25) is 9.59 Å². The molecule has 0 spiro atoms. The van der Waals surface area contributed by atoms with Gasteiger partial charge in [0, 0.05) is 51.6 Å². The molecule has 0 aromatic heterocycles. The standard InChI is InChI=1S/C31H35F6N3O4/c1-29(2,3)44-28(43)40-16-21(17-40)26(41)39-11-10-24(25(18-39)20-8-6-5-7-9-20)27(42)38(4)15-19-12-22(30(32,33)34)14-23(13-19)31(35,36)37/h5-9,12-14,21,24-25H,10-11,15-18H2,1-4H3/t24-,25-/m0/s1. The van der Waals surface area contributed by atoms with E-state index in [0.717, 1.165) is 10.5 Å². The minimum Gasteiger partial charge on any atom is -0.444 e. The van der Waals surface area contributed by atoms with E-state index < -0.39 is 65.4 Å². The van der Waals surface area contributed by atoms with E-state index >= 15 is 0 Å². The second-order valence-corrected chi connectivity index (χ2v) is 12.4. The smallest absolute Gasteiger partial charge is 0.416 e. The van der Waals surface area contributed by atoms with Crippen molar-refractivity contribution in [3.05, 3.63) is 70.8 Å². The molecule has 2 aromatic rings. The lowest BCUT2D eigenvalue weighted by atomic mass is 9.79. The summed E-state index contributed by atoms with van der Waals surface area (Å²) in [5.41, 5.74) is -3.08. The number of benzene rings is 2. The van der Waals surface area contributed by atoms with E-state index in [2.05, 4.69) is 0 Å². The molecule has 2 aromatic carbocycles. The summed E-state index contributed by atoms with van der Waals surface area (Å²) in [6.45, 7) is 5.63. The zero-order valence-electron chi connectivity index (χ0n) is 24.8. The molecule has 2 saturated heterocycles. The van der Waals surface area contributed by atoms with Gasteiger partial charge in [-0.05, 0) is 56.5 Å². The third-order valence-corrected chi connectivity index (χ3v) is 7.80. The molecule has 3 amide bonds. The van der Waals surface area contributed by atoms with Crippen molar-refractivity contribution in [2.24, 2.45) is 11.8 Å². The third kappa shape index (κ3) is 7.84. The molecule has 0 N–H and O–H groups in total. The van der Waals surface area contributed by atoms with Crippen molar-refractivity contribution in [1.82, 2.24) is 14.7 Å². The molecule has 0 saturated carbocycles. The highest BCUT2D eigenvalue weighted by Crippen LogP contribution is 2.38. The Bertz CT molecular complexity index is 1330. The Morgan fingerprint density at radius 2 is 1.43 bits per heavy atom. The summed E-state index contributed by atoms with van der Waals surface area (Å²) in [4.78, 5) is 43.6. The van der Waals surface area contributed by atoms with Gasteiger partial charge in [-0.2, -0.15) is 26.3 Å². The molecule has 2 atom stereocenters. The van der Waals surface area contributed by atoms with Crippen molar-refractivity contribution in [3.63, 3.8) is 0 Å². The lowest BCUT2D eigenvalue weighted by Crippen LogP contribution is -2.59. The lowest BCUT2D eigenvalue weighted by molar-refractivity contribution is -0.146. The van der Waals surface area contributed by atoms with Crippen LogP contribution in [-0.4, -0.2) is 71.4 Å². The Kier molecular flexibility index (Phi) is 9.27. The van der Waals surface area contributed by atoms with Crippen LogP contribution in [0.2, 0.25) is 0 Å². The summed E-state index contributed by atoms with van der Waals surface area (Å²) in [6, 6.07) is 10.3. The minimum absolute atomic E-state index is 0.0539. The van der Waals surface area contributed by atoms with Crippen molar-refractivity contribution in [2.45, 2.75) is 57.6 Å². The van der Waals surface area contributed by atoms with Crippen LogP contribution < -0.4 is 0 Å². The summed E-state index contributed by atoms with van der Waals surface area (Å²) in [7, 11) is 1.34. The van der Waals surface area contributed by atoms with E-state index in [1.165, 1.54) is 11.9 Å². The highest BCUT2D eigenvalue weighted by molar-refractivity contribution is 5.84. The van der Waals surface area contributed by atoms with Crippen LogP contribution in [0, 0.1) is 11.8 Å². The first kappa shape index (κ1) is 33.1. The van der Waals surface area contributed by atoms with Crippen molar-refractivity contribution in [3.8, 4) is 0 Å². The predicted molar refractivity (Wildman–Crippen MR) is 148 cm³/mol. The van der Waals surface area contributed by atoms with Crippen molar-refractivity contribution in [2.75, 3.05) is 33.2 Å². The maximum absolute atomic E-state index is 13.7. The molecule has 0 unspecified atom stereocenters. The average molecular weight is 628 g/mol. The largest absolute Gasteiger partial charge is 0.444 e. The van der Waals surface area contributed by atoms with E-state index in [9.17, 15) is 40.7 Å². The van der Waals surface area contributed by atoms with E-state index in [1.54, 1.807) is 43.9 Å². The van der Waals surface area contributed by atoms with Crippen molar-refractivity contribution < 1.29 is 45.5 Å². The Morgan fingerprint density at radius 1 is 0.864 bits per heavy atom. The van der Waals surface area contributed by atoms with Gasteiger partial charge in [0.2, 0.25) is 11.8 Å². The molecule has 44 heavy (non-hydrogen) atoms. The molecule has 0 radical (unpaired) electrons. The number of hydrogen-bond donors (Lipinski definition) is 0. The van der Waals surface area contributed by atoms with Gasteiger partial charge >= 0.3 is 18.4 Å². The van der Waals surface area contributed by atoms with Crippen LogP contribution in [0.3, 0.4) is 0 Å². The molecule has 2 fully saturated rings. The summed E-state index contributed by atoms with van der Waals surface area (Å²) in [6.07, 6.45) is -10.3. The zero-order chi connectivity index (χ0) is 32.6. The topological polar surface area (TPSA) is 70.2 Å². The average Bonchev–Trinajstić information content (AvgIpc) is 2.89. The van der Waals surface area contributed by atoms with E-state index in [1.807, 2.05) is 12.1 Å². The van der Waals surface area contributed by atoms with Gasteiger partial charge < -0.3 is 19.4 Å². The summed E-state index contributed by atoms with van der Waals surface area (Å²) in [5.74, 6) is -2.15. The Labute approximate surface area is 251 Å². The van der Waals surface area contributed by atoms with Crippen LogP contribution >= 0.6 is 0 Å². The highest BCUT2D eigenvalue weighted by Gasteiger charge is 2.44. The minimum atomic E-state index is -5.00. The second-order valence-electron chi connectivity index (χ2n) is 12.4. The Morgan fingerprint density at radius 3 is 1.95 bits per heavy atom. The first-order valence-electron chi connectivity index (χ1n) is 14.2. The van der Waals surface area contributed by atoms with E-state index in [4.69, 9.17) is 4.74 Å². The normalized spacial score (nSPS) is 19.8. The van der Waals surface area contributed by atoms with Gasteiger partial charge in [0.05, 0.1) is 17.0 Å². The summed E-state index contributed by atoms with van der Waals surface area (Å²) >= 11 is 0. The molecule has 0 aliphatic carbocycles. The molecule has 2 aliphatic rings. The molecule has 7 nitrogen and oxygen atoms in total. The number of piperidine rings is 1. The summed E-state index contributed by atoms with van der Waals surface area (Å²) in [5, 5.41) is 0. The first-order valence-corrected chi connectivity index (χ1v) is 14.2. The van der Waals surface area contributed by atoms with Crippen LogP contribution in [0.4, 0.5) is 31.1 Å². The molecule has 4 rings (SSSR count). The van der Waals surface area contributed by atoms with E-state index in [-0.39, 0.29) is 50.1 Å². The number of halogens is 6. The SMILES string of the molecule is CN(Cc1cc(C(F)(F)F)cc(C(F)(F)F)c1)C(=O)[C@H]1CCN(C(=O)C2CN(C(=O)OC(C)(C)C)C2)C[C@H]1c1ccccc1. The number of carbonyl (C=O) groups excluding carboxylic acids is 3. The predicted octanol–water partition coefficient (Wildman–Crippen LogP) is 6.18. The number of amides is 3. The quantitative estimate of drug-likeness (QED) is 0.372. The number of alkyl halides is 6. The number of nitrogens with zero attached hydrogens (tertiary/aromatic N) is 3. The molecule has 13 heteroatoms. The van der Waals surface area contributed by atoms with Gasteiger partial charge in [-0.1, -0.05) is 30.3 Å². The van der Waals surface area contributed by atoms with Crippen LogP contribution in [-0.2, 0) is 33.2 Å². The monoisotopic (exact) mass is 627 g/mol. The van der Waals surface area contributed by atoms with Crippen molar-refractivity contribution in [1.29, 1.82) is 0 Å². The zero-order valence-corrected chi connectivity index (χ0v) is 24.8. The van der Waals surface area contributed by atoms with Crippen LogP contribution in [0.5, 0.6) is 0 Å².